The minimum Gasteiger partial charge on any atom is -0.475 e. The third-order valence-electron chi connectivity index (χ3n) is 4.83. The second kappa shape index (κ2) is 11.0. The van der Waals surface area contributed by atoms with E-state index >= 15 is 0 Å². The number of rotatable bonds is 4. The number of aryl methyl sites for hydroxylation is 1. The Morgan fingerprint density at radius 2 is 1.71 bits per heavy atom. The van der Waals surface area contributed by atoms with E-state index in [9.17, 15) is 22.4 Å². The maximum Gasteiger partial charge on any atom is 0.490 e. The zero-order chi connectivity index (χ0) is 25.6. The number of nitrogens with one attached hydrogen (secondary N) is 1. The fourth-order valence-electron chi connectivity index (χ4n) is 3.11. The van der Waals surface area contributed by atoms with Crippen LogP contribution in [0.5, 0.6) is 0 Å². The molecule has 1 fully saturated rings. The second-order valence-corrected chi connectivity index (χ2v) is 7.36. The summed E-state index contributed by atoms with van der Waals surface area (Å²) in [5, 5.41) is 9.83. The van der Waals surface area contributed by atoms with Crippen molar-refractivity contribution in [3.05, 3.63) is 60.4 Å². The van der Waals surface area contributed by atoms with Gasteiger partial charge in [0.15, 0.2) is 0 Å². The molecule has 0 aliphatic carbocycles. The quantitative estimate of drug-likeness (QED) is 0.535. The van der Waals surface area contributed by atoms with E-state index in [2.05, 4.69) is 20.2 Å². The lowest BCUT2D eigenvalue weighted by molar-refractivity contribution is -0.192. The highest BCUT2D eigenvalue weighted by Gasteiger charge is 2.38. The van der Waals surface area contributed by atoms with Crippen molar-refractivity contribution in [2.75, 3.05) is 36.5 Å². The highest BCUT2D eigenvalue weighted by molar-refractivity contribution is 6.04. The molecule has 0 spiro atoms. The van der Waals surface area contributed by atoms with Crippen LogP contribution in [-0.4, -0.2) is 64.0 Å². The van der Waals surface area contributed by atoms with Gasteiger partial charge in [0, 0.05) is 55.5 Å². The Morgan fingerprint density at radius 1 is 1.09 bits per heavy atom. The molecule has 4 rings (SSSR count). The van der Waals surface area contributed by atoms with Gasteiger partial charge in [0.1, 0.15) is 11.5 Å². The highest BCUT2D eigenvalue weighted by atomic mass is 19.4. The SMILES string of the molecule is Cn1cc(-c2cnc(N3CCOCC3)nc2)cc1C(=O)Nc1cccc(F)c1.O=C(O)C(F)(F)F. The zero-order valence-electron chi connectivity index (χ0n) is 18.4. The number of carboxylic acid groups (broad SMARTS) is 1. The van der Waals surface area contributed by atoms with E-state index in [-0.39, 0.29) is 5.91 Å². The van der Waals surface area contributed by atoms with Gasteiger partial charge in [0.25, 0.3) is 5.91 Å². The first kappa shape index (κ1) is 25.6. The van der Waals surface area contributed by atoms with E-state index in [4.69, 9.17) is 14.6 Å². The van der Waals surface area contributed by atoms with E-state index in [0.717, 1.165) is 24.2 Å². The van der Waals surface area contributed by atoms with E-state index in [1.165, 1.54) is 12.1 Å². The molecule has 1 amide bonds. The number of carbonyl (C=O) groups is 2. The summed E-state index contributed by atoms with van der Waals surface area (Å²) in [6, 6.07) is 7.57. The largest absolute Gasteiger partial charge is 0.490 e. The first-order valence-electron chi connectivity index (χ1n) is 10.2. The van der Waals surface area contributed by atoms with Gasteiger partial charge in [-0.05, 0) is 24.3 Å². The second-order valence-electron chi connectivity index (χ2n) is 7.36. The molecule has 1 aliphatic rings. The molecule has 0 unspecified atom stereocenters. The normalized spacial score (nSPS) is 13.6. The molecule has 0 saturated carbocycles. The molecule has 0 atom stereocenters. The van der Waals surface area contributed by atoms with Crippen LogP contribution in [0.15, 0.2) is 48.9 Å². The third kappa shape index (κ3) is 6.99. The average Bonchev–Trinajstić information content (AvgIpc) is 3.21. The van der Waals surface area contributed by atoms with Gasteiger partial charge in [0.05, 0.1) is 13.2 Å². The topological polar surface area (TPSA) is 110 Å². The summed E-state index contributed by atoms with van der Waals surface area (Å²) >= 11 is 0. The van der Waals surface area contributed by atoms with Gasteiger partial charge in [-0.2, -0.15) is 13.2 Å². The molecule has 0 bridgehead atoms. The third-order valence-corrected chi connectivity index (χ3v) is 4.83. The monoisotopic (exact) mass is 495 g/mol. The number of benzene rings is 1. The molecule has 35 heavy (non-hydrogen) atoms. The summed E-state index contributed by atoms with van der Waals surface area (Å²) in [6.45, 7) is 2.89. The van der Waals surface area contributed by atoms with Crippen molar-refractivity contribution in [2.45, 2.75) is 6.18 Å². The summed E-state index contributed by atoms with van der Waals surface area (Å²) < 4.78 is 52.1. The van der Waals surface area contributed by atoms with Gasteiger partial charge in [-0.15, -0.1) is 0 Å². The number of nitrogens with zero attached hydrogens (tertiary/aromatic N) is 4. The number of aliphatic carboxylic acids is 1. The molecular formula is C22H21F4N5O4. The lowest BCUT2D eigenvalue weighted by atomic mass is 10.2. The van der Waals surface area contributed by atoms with Crippen molar-refractivity contribution >= 4 is 23.5 Å². The van der Waals surface area contributed by atoms with E-state index in [0.29, 0.717) is 30.5 Å². The number of ether oxygens (including phenoxy) is 1. The molecular weight excluding hydrogens is 474 g/mol. The number of hydrogen-bond donors (Lipinski definition) is 2. The Bertz CT molecular complexity index is 1180. The first-order chi connectivity index (χ1) is 16.5. The summed E-state index contributed by atoms with van der Waals surface area (Å²) in [7, 11) is 1.78. The summed E-state index contributed by atoms with van der Waals surface area (Å²) in [5.74, 6) is -2.80. The summed E-state index contributed by atoms with van der Waals surface area (Å²) in [4.78, 5) is 32.4. The number of halogens is 4. The Kier molecular flexibility index (Phi) is 8.02. The van der Waals surface area contributed by atoms with Gasteiger partial charge in [0.2, 0.25) is 5.95 Å². The number of morpholine rings is 1. The molecule has 0 radical (unpaired) electrons. The summed E-state index contributed by atoms with van der Waals surface area (Å²) in [6.07, 6.45) is 0.260. The Morgan fingerprint density at radius 3 is 2.29 bits per heavy atom. The molecule has 1 saturated heterocycles. The molecule has 13 heteroatoms. The van der Waals surface area contributed by atoms with Crippen molar-refractivity contribution in [2.24, 2.45) is 7.05 Å². The summed E-state index contributed by atoms with van der Waals surface area (Å²) in [5.41, 5.74) is 2.51. The van der Waals surface area contributed by atoms with Gasteiger partial charge in [-0.1, -0.05) is 6.07 Å². The molecule has 9 nitrogen and oxygen atoms in total. The number of hydrogen-bond acceptors (Lipinski definition) is 6. The number of anilines is 2. The zero-order valence-corrected chi connectivity index (χ0v) is 18.4. The minimum atomic E-state index is -5.08. The maximum absolute atomic E-state index is 13.3. The Labute approximate surface area is 197 Å². The number of carbonyl (C=O) groups excluding carboxylic acids is 1. The standard InChI is InChI=1S/C20H20FN5O2.C2HF3O2/c1-25-13-14(9-18(25)19(27)24-17-4-2-3-16(21)10-17)15-11-22-20(23-12-15)26-5-7-28-8-6-26;3-2(4,5)1(6)7/h2-4,9-13H,5-8H2,1H3,(H,24,27);(H,6,7). The Hall–Kier alpha value is -4.00. The van der Waals surface area contributed by atoms with Gasteiger partial charge in [-0.3, -0.25) is 4.79 Å². The fourth-order valence-corrected chi connectivity index (χ4v) is 3.11. The van der Waals surface area contributed by atoms with Crippen molar-refractivity contribution in [1.82, 2.24) is 14.5 Å². The van der Waals surface area contributed by atoms with E-state index < -0.39 is 18.0 Å². The molecule has 2 aromatic heterocycles. The lowest BCUT2D eigenvalue weighted by Gasteiger charge is -2.26. The van der Waals surface area contributed by atoms with Gasteiger partial charge >= 0.3 is 12.1 Å². The van der Waals surface area contributed by atoms with E-state index in [1.54, 1.807) is 42.2 Å². The molecule has 186 valence electrons. The average molecular weight is 495 g/mol. The van der Waals surface area contributed by atoms with Crippen LogP contribution in [0.2, 0.25) is 0 Å². The number of amides is 1. The predicted octanol–water partition coefficient (Wildman–Crippen LogP) is 3.34. The number of carboxylic acids is 1. The van der Waals surface area contributed by atoms with Crippen LogP contribution in [-0.2, 0) is 16.6 Å². The molecule has 1 aliphatic heterocycles. The van der Waals surface area contributed by atoms with Crippen LogP contribution < -0.4 is 10.2 Å². The maximum atomic E-state index is 13.3. The smallest absolute Gasteiger partial charge is 0.475 e. The van der Waals surface area contributed by atoms with Crippen molar-refractivity contribution in [3.8, 4) is 11.1 Å². The van der Waals surface area contributed by atoms with Crippen LogP contribution in [0.4, 0.5) is 29.2 Å². The Balaban J connectivity index is 0.000000429. The highest BCUT2D eigenvalue weighted by Crippen LogP contribution is 2.23. The van der Waals surface area contributed by atoms with Crippen molar-refractivity contribution in [1.29, 1.82) is 0 Å². The van der Waals surface area contributed by atoms with Crippen LogP contribution in [0, 0.1) is 5.82 Å². The van der Waals surface area contributed by atoms with Crippen LogP contribution in [0.1, 0.15) is 10.5 Å². The molecule has 2 N–H and O–H groups in total. The van der Waals surface area contributed by atoms with Gasteiger partial charge in [-0.25, -0.2) is 19.2 Å². The lowest BCUT2D eigenvalue weighted by Crippen LogP contribution is -2.37. The van der Waals surface area contributed by atoms with Crippen LogP contribution in [0.3, 0.4) is 0 Å². The van der Waals surface area contributed by atoms with Crippen LogP contribution >= 0.6 is 0 Å². The van der Waals surface area contributed by atoms with Crippen molar-refractivity contribution in [3.63, 3.8) is 0 Å². The molecule has 3 heterocycles. The molecule has 1 aromatic carbocycles. The fraction of sp³-hybridized carbons (Fsp3) is 0.273. The van der Waals surface area contributed by atoms with E-state index in [1.807, 2.05) is 6.20 Å². The van der Waals surface area contributed by atoms with Crippen molar-refractivity contribution < 1.29 is 37.0 Å². The first-order valence-corrected chi connectivity index (χ1v) is 10.2. The minimum absolute atomic E-state index is 0.315. The molecule has 3 aromatic rings. The number of alkyl halides is 3. The predicted molar refractivity (Wildman–Crippen MR) is 118 cm³/mol. The number of aromatic nitrogens is 3. The van der Waals surface area contributed by atoms with Crippen LogP contribution in [0.25, 0.3) is 11.1 Å². The van der Waals surface area contributed by atoms with Gasteiger partial charge < -0.3 is 24.6 Å².